The van der Waals surface area contributed by atoms with Crippen molar-refractivity contribution in [2.75, 3.05) is 19.8 Å². The van der Waals surface area contributed by atoms with Crippen molar-refractivity contribution >= 4 is 5.97 Å². The molecule has 138 valence electrons. The number of hydrogen-bond donors (Lipinski definition) is 1. The molecule has 0 spiro atoms. The molecule has 0 radical (unpaired) electrons. The molecular weight excluding hydrogens is 296 g/mol. The average Bonchev–Trinajstić information content (AvgIpc) is 2.50. The van der Waals surface area contributed by atoms with E-state index in [1.54, 1.807) is 0 Å². The Balaban J connectivity index is 4.86. The minimum absolute atomic E-state index is 0.158. The highest BCUT2D eigenvalue weighted by molar-refractivity contribution is 5.69. The first-order chi connectivity index (χ1) is 11.0. The molecule has 1 N–H and O–H groups in total. The van der Waals surface area contributed by atoms with Gasteiger partial charge in [0.25, 0.3) is 5.97 Å². The van der Waals surface area contributed by atoms with Gasteiger partial charge in [-0.1, -0.05) is 39.5 Å². The van der Waals surface area contributed by atoms with E-state index >= 15 is 0 Å². The zero-order chi connectivity index (χ0) is 17.7. The van der Waals surface area contributed by atoms with Gasteiger partial charge in [0.2, 0.25) is 0 Å². The second-order valence-corrected chi connectivity index (χ2v) is 5.92. The molecule has 0 aromatic heterocycles. The van der Waals surface area contributed by atoms with Gasteiger partial charge in [-0.25, -0.2) is 0 Å². The second-order valence-electron chi connectivity index (χ2n) is 5.92. The van der Waals surface area contributed by atoms with Gasteiger partial charge in [0.05, 0.1) is 5.92 Å². The molecule has 0 saturated heterocycles. The minimum Gasteiger partial charge on any atom is -0.481 e. The van der Waals surface area contributed by atoms with Crippen molar-refractivity contribution in [3.63, 3.8) is 0 Å². The predicted octanol–water partition coefficient (Wildman–Crippen LogP) is 4.45. The number of rotatable bonds is 15. The molecule has 0 bridgehead atoms. The van der Waals surface area contributed by atoms with Gasteiger partial charge in [-0.15, -0.1) is 0 Å². The minimum atomic E-state index is -1.14. The molecule has 0 rings (SSSR count). The Hall–Kier alpha value is -0.650. The lowest BCUT2D eigenvalue weighted by Gasteiger charge is -2.38. The van der Waals surface area contributed by atoms with E-state index in [4.69, 9.17) is 14.2 Å². The van der Waals surface area contributed by atoms with E-state index in [-0.39, 0.29) is 11.8 Å². The van der Waals surface area contributed by atoms with Gasteiger partial charge >= 0.3 is 5.97 Å². The molecule has 0 fully saturated rings. The van der Waals surface area contributed by atoms with Crippen molar-refractivity contribution in [1.82, 2.24) is 0 Å². The van der Waals surface area contributed by atoms with Crippen LogP contribution in [-0.2, 0) is 19.0 Å². The summed E-state index contributed by atoms with van der Waals surface area (Å²) in [6, 6.07) is 0. The maximum Gasteiger partial charge on any atom is 0.306 e. The summed E-state index contributed by atoms with van der Waals surface area (Å²) < 4.78 is 17.3. The third-order valence-electron chi connectivity index (χ3n) is 4.03. The van der Waals surface area contributed by atoms with Gasteiger partial charge in [-0.2, -0.15) is 0 Å². The van der Waals surface area contributed by atoms with E-state index in [1.807, 2.05) is 27.7 Å². The van der Waals surface area contributed by atoms with Crippen LogP contribution in [0.15, 0.2) is 0 Å². The molecule has 23 heavy (non-hydrogen) atoms. The zero-order valence-electron chi connectivity index (χ0n) is 15.6. The normalized spacial score (nSPS) is 14.7. The van der Waals surface area contributed by atoms with E-state index in [0.717, 1.165) is 25.7 Å². The van der Waals surface area contributed by atoms with Crippen LogP contribution in [0.5, 0.6) is 0 Å². The van der Waals surface area contributed by atoms with E-state index < -0.39 is 11.9 Å². The predicted molar refractivity (Wildman–Crippen MR) is 91.3 cm³/mol. The van der Waals surface area contributed by atoms with Crippen molar-refractivity contribution < 1.29 is 24.1 Å². The van der Waals surface area contributed by atoms with Crippen molar-refractivity contribution in [2.45, 2.75) is 79.1 Å². The first kappa shape index (κ1) is 22.4. The largest absolute Gasteiger partial charge is 0.481 e. The van der Waals surface area contributed by atoms with Gasteiger partial charge < -0.3 is 19.3 Å². The Morgan fingerprint density at radius 2 is 1.48 bits per heavy atom. The van der Waals surface area contributed by atoms with Crippen molar-refractivity contribution in [3.05, 3.63) is 0 Å². The van der Waals surface area contributed by atoms with Crippen LogP contribution in [0, 0.1) is 11.8 Å². The van der Waals surface area contributed by atoms with Gasteiger partial charge in [0.1, 0.15) is 0 Å². The fourth-order valence-corrected chi connectivity index (χ4v) is 2.89. The molecule has 0 aliphatic rings. The molecule has 0 heterocycles. The maximum absolute atomic E-state index is 11.6. The number of aliphatic carboxylic acids is 1. The van der Waals surface area contributed by atoms with Crippen LogP contribution < -0.4 is 0 Å². The smallest absolute Gasteiger partial charge is 0.306 e. The highest BCUT2D eigenvalue weighted by Gasteiger charge is 2.41. The summed E-state index contributed by atoms with van der Waals surface area (Å²) in [6.07, 6.45) is 5.52. The second kappa shape index (κ2) is 12.7. The summed E-state index contributed by atoms with van der Waals surface area (Å²) >= 11 is 0. The molecule has 5 nitrogen and oxygen atoms in total. The quantitative estimate of drug-likeness (QED) is 0.354. The molecule has 2 unspecified atom stereocenters. The summed E-state index contributed by atoms with van der Waals surface area (Å²) in [6.45, 7) is 11.1. The Kier molecular flexibility index (Phi) is 12.4. The first-order valence-corrected chi connectivity index (χ1v) is 9.11. The fraction of sp³-hybridized carbons (Fsp3) is 0.944. The third kappa shape index (κ3) is 8.13. The van der Waals surface area contributed by atoms with Gasteiger partial charge in [-0.3, -0.25) is 4.79 Å². The van der Waals surface area contributed by atoms with Crippen molar-refractivity contribution in [3.8, 4) is 0 Å². The van der Waals surface area contributed by atoms with Crippen LogP contribution in [0.4, 0.5) is 0 Å². The number of ether oxygens (including phenoxy) is 3. The van der Waals surface area contributed by atoms with Gasteiger partial charge in [0, 0.05) is 25.7 Å². The molecule has 0 aliphatic heterocycles. The molecule has 0 aromatic rings. The number of carboxylic acid groups (broad SMARTS) is 1. The molecule has 0 aromatic carbocycles. The van der Waals surface area contributed by atoms with E-state index in [1.165, 1.54) is 0 Å². The molecule has 0 aliphatic carbocycles. The number of unbranched alkanes of at least 4 members (excludes halogenated alkanes) is 3. The zero-order valence-corrected chi connectivity index (χ0v) is 15.6. The topological polar surface area (TPSA) is 65.0 Å². The Morgan fingerprint density at radius 1 is 0.957 bits per heavy atom. The fourth-order valence-electron chi connectivity index (χ4n) is 2.89. The lowest BCUT2D eigenvalue weighted by atomic mass is 9.89. The summed E-state index contributed by atoms with van der Waals surface area (Å²) in [7, 11) is 0. The van der Waals surface area contributed by atoms with Crippen LogP contribution >= 0.6 is 0 Å². The molecule has 2 atom stereocenters. The van der Waals surface area contributed by atoms with Gasteiger partial charge in [-0.05, 0) is 33.6 Å². The monoisotopic (exact) mass is 332 g/mol. The van der Waals surface area contributed by atoms with Crippen LogP contribution in [-0.4, -0.2) is 36.9 Å². The average molecular weight is 332 g/mol. The van der Waals surface area contributed by atoms with Crippen LogP contribution in [0.25, 0.3) is 0 Å². The first-order valence-electron chi connectivity index (χ1n) is 9.11. The SMILES string of the molecule is CCCCCCC(CC(C)C(OCC)(OCC)OCC)C(=O)O. The summed E-state index contributed by atoms with van der Waals surface area (Å²) in [4.78, 5) is 11.6. The number of hydrogen-bond acceptors (Lipinski definition) is 4. The summed E-state index contributed by atoms with van der Waals surface area (Å²) in [5, 5.41) is 9.51. The van der Waals surface area contributed by atoms with E-state index in [9.17, 15) is 9.90 Å². The maximum atomic E-state index is 11.6. The Morgan fingerprint density at radius 3 is 1.87 bits per heavy atom. The molecule has 5 heteroatoms. The van der Waals surface area contributed by atoms with Crippen LogP contribution in [0.2, 0.25) is 0 Å². The molecular formula is C18H36O5. The lowest BCUT2D eigenvalue weighted by Crippen LogP contribution is -2.46. The number of carboxylic acids is 1. The highest BCUT2D eigenvalue weighted by Crippen LogP contribution is 2.32. The third-order valence-corrected chi connectivity index (χ3v) is 4.03. The summed E-state index contributed by atoms with van der Waals surface area (Å²) in [5.74, 6) is -2.43. The van der Waals surface area contributed by atoms with Crippen molar-refractivity contribution in [1.29, 1.82) is 0 Å². The van der Waals surface area contributed by atoms with Gasteiger partial charge in [0.15, 0.2) is 0 Å². The highest BCUT2D eigenvalue weighted by atomic mass is 16.9. The molecule has 0 amide bonds. The van der Waals surface area contributed by atoms with E-state index in [0.29, 0.717) is 32.7 Å². The van der Waals surface area contributed by atoms with Crippen molar-refractivity contribution in [2.24, 2.45) is 11.8 Å². The standard InChI is InChI=1S/C18H36O5/c1-6-10-11-12-13-16(17(19)20)14-15(5)18(21-7-2,22-8-3)23-9-4/h15-16H,6-14H2,1-5H3,(H,19,20). The summed E-state index contributed by atoms with van der Waals surface area (Å²) in [5.41, 5.74) is 0. The van der Waals surface area contributed by atoms with E-state index in [2.05, 4.69) is 6.92 Å². The molecule has 0 saturated carbocycles. The number of carbonyl (C=O) groups is 1. The Bertz CT molecular complexity index is 289. The van der Waals surface area contributed by atoms with Crippen LogP contribution in [0.3, 0.4) is 0 Å². The Labute approximate surface area is 141 Å². The van der Waals surface area contributed by atoms with Crippen LogP contribution in [0.1, 0.15) is 73.1 Å². The lowest BCUT2D eigenvalue weighted by molar-refractivity contribution is -0.400.